The van der Waals surface area contributed by atoms with E-state index in [-0.39, 0.29) is 0 Å². The van der Waals surface area contributed by atoms with Gasteiger partial charge in [0, 0.05) is 0 Å². The zero-order valence-electron chi connectivity index (χ0n) is 12.3. The molecule has 0 aromatic carbocycles. The third-order valence-electron chi connectivity index (χ3n) is 3.28. The molecule has 0 nitrogen and oxygen atoms in total. The molecule has 0 atom stereocenters. The van der Waals surface area contributed by atoms with E-state index >= 15 is 0 Å². The molecule has 0 aliphatic carbocycles. The Balaban J connectivity index is 2.85. The van der Waals surface area contributed by atoms with E-state index in [4.69, 9.17) is 0 Å². The number of rotatable bonds is 14. The first-order valence-electron chi connectivity index (χ1n) is 7.99. The average molecular weight is 305 g/mol. The maximum atomic E-state index is 2.30. The van der Waals surface area contributed by atoms with Crippen molar-refractivity contribution < 1.29 is 0 Å². The van der Waals surface area contributed by atoms with Gasteiger partial charge in [-0.2, -0.15) is 0 Å². The molecular weight excluding hydrogens is 271 g/mol. The van der Waals surface area contributed by atoms with E-state index in [0.29, 0.717) is 0 Å². The van der Waals surface area contributed by atoms with Crippen molar-refractivity contribution in [3.63, 3.8) is 0 Å². The first-order valence-corrected chi connectivity index (χ1v) is 10.4. The van der Waals surface area contributed by atoms with Crippen LogP contribution in [-0.2, 0) is 0 Å². The molecule has 0 bridgehead atoms. The van der Waals surface area contributed by atoms with Gasteiger partial charge in [0.15, 0.2) is 0 Å². The van der Waals surface area contributed by atoms with E-state index in [0.717, 1.165) is 15.0 Å². The molecule has 0 rings (SSSR count). The second-order valence-corrected chi connectivity index (χ2v) is 7.72. The van der Waals surface area contributed by atoms with Crippen LogP contribution in [0.25, 0.3) is 0 Å². The fourth-order valence-corrected chi connectivity index (χ4v) is 4.21. The van der Waals surface area contributed by atoms with Gasteiger partial charge >= 0.3 is 116 Å². The van der Waals surface area contributed by atoms with Crippen LogP contribution in [0.4, 0.5) is 0 Å². The van der Waals surface area contributed by atoms with Gasteiger partial charge in [-0.15, -0.1) is 0 Å². The van der Waals surface area contributed by atoms with E-state index in [1.54, 1.807) is 10.6 Å². The second kappa shape index (κ2) is 16.5. The van der Waals surface area contributed by atoms with Crippen molar-refractivity contribution >= 4 is 15.0 Å². The summed E-state index contributed by atoms with van der Waals surface area (Å²) in [6, 6.07) is 0. The van der Waals surface area contributed by atoms with E-state index in [9.17, 15) is 0 Å². The summed E-state index contributed by atoms with van der Waals surface area (Å²) in [5.41, 5.74) is 0. The van der Waals surface area contributed by atoms with Gasteiger partial charge in [-0.25, -0.2) is 0 Å². The Morgan fingerprint density at radius 2 is 0.824 bits per heavy atom. The van der Waals surface area contributed by atoms with Crippen LogP contribution in [0.5, 0.6) is 0 Å². The molecule has 0 fully saturated rings. The summed E-state index contributed by atoms with van der Waals surface area (Å²) in [5, 5.41) is 3.10. The summed E-state index contributed by atoms with van der Waals surface area (Å²) >= 11 is 0.968. The number of unbranched alkanes of at least 4 members (excludes halogenated alkanes) is 10. The minimum atomic E-state index is 0.968. The van der Waals surface area contributed by atoms with Gasteiger partial charge in [0.1, 0.15) is 0 Å². The van der Waals surface area contributed by atoms with Crippen LogP contribution in [0.2, 0.25) is 10.6 Å². The molecular formula is C16H34Se. The number of hydrogen-bond donors (Lipinski definition) is 0. The molecule has 0 heterocycles. The van der Waals surface area contributed by atoms with Crippen LogP contribution in [0.15, 0.2) is 0 Å². The molecule has 0 N–H and O–H groups in total. The molecule has 0 aliphatic heterocycles. The van der Waals surface area contributed by atoms with Crippen molar-refractivity contribution in [3.05, 3.63) is 0 Å². The van der Waals surface area contributed by atoms with Gasteiger partial charge in [0.05, 0.1) is 0 Å². The van der Waals surface area contributed by atoms with Gasteiger partial charge in [0.25, 0.3) is 0 Å². The van der Waals surface area contributed by atoms with Crippen LogP contribution in [-0.4, -0.2) is 15.0 Å². The molecule has 0 spiro atoms. The van der Waals surface area contributed by atoms with Crippen molar-refractivity contribution in [1.29, 1.82) is 0 Å². The van der Waals surface area contributed by atoms with Crippen LogP contribution in [0.3, 0.4) is 0 Å². The predicted octanol–water partition coefficient (Wildman–Crippen LogP) is 6.25. The molecule has 0 saturated carbocycles. The zero-order valence-corrected chi connectivity index (χ0v) is 14.0. The molecule has 104 valence electrons. The topological polar surface area (TPSA) is 0 Å². The Morgan fingerprint density at radius 3 is 1.24 bits per heavy atom. The first kappa shape index (κ1) is 17.5. The van der Waals surface area contributed by atoms with Crippen molar-refractivity contribution in [2.45, 2.75) is 102 Å². The van der Waals surface area contributed by atoms with E-state index in [1.807, 2.05) is 0 Å². The third kappa shape index (κ3) is 16.5. The molecule has 1 heteroatoms. The summed E-state index contributed by atoms with van der Waals surface area (Å²) < 4.78 is 0. The van der Waals surface area contributed by atoms with Crippen molar-refractivity contribution in [2.24, 2.45) is 0 Å². The monoisotopic (exact) mass is 306 g/mol. The summed E-state index contributed by atoms with van der Waals surface area (Å²) in [7, 11) is 0. The number of hydrogen-bond acceptors (Lipinski definition) is 0. The molecule has 0 saturated heterocycles. The van der Waals surface area contributed by atoms with Crippen LogP contribution >= 0.6 is 0 Å². The molecule has 0 radical (unpaired) electrons. The summed E-state index contributed by atoms with van der Waals surface area (Å²) in [6.45, 7) is 4.59. The quantitative estimate of drug-likeness (QED) is 0.263. The molecule has 17 heavy (non-hydrogen) atoms. The predicted molar refractivity (Wildman–Crippen MR) is 82.1 cm³/mol. The van der Waals surface area contributed by atoms with E-state index < -0.39 is 0 Å². The third-order valence-corrected chi connectivity index (χ3v) is 5.71. The molecule has 0 amide bonds. The minimum absolute atomic E-state index is 0.968. The fourth-order valence-electron chi connectivity index (χ4n) is 2.07. The van der Waals surface area contributed by atoms with Crippen molar-refractivity contribution in [3.8, 4) is 0 Å². The van der Waals surface area contributed by atoms with Crippen LogP contribution < -0.4 is 0 Å². The standard InChI is InChI=1S/C16H34Se/c1-3-5-7-9-11-13-15-17-16-14-12-10-8-6-4-2/h3-16H2,1-2H3. The maximum absolute atomic E-state index is 2.30. The Morgan fingerprint density at radius 1 is 0.471 bits per heavy atom. The van der Waals surface area contributed by atoms with Crippen LogP contribution in [0.1, 0.15) is 90.9 Å². The fraction of sp³-hybridized carbons (Fsp3) is 1.00. The second-order valence-electron chi connectivity index (χ2n) is 5.15. The molecule has 0 aromatic rings. The summed E-state index contributed by atoms with van der Waals surface area (Å²) in [6.07, 6.45) is 17.6. The molecule has 0 aromatic heterocycles. The Hall–Kier alpha value is 0.519. The molecule has 0 aliphatic rings. The van der Waals surface area contributed by atoms with Crippen molar-refractivity contribution in [2.75, 3.05) is 0 Å². The summed E-state index contributed by atoms with van der Waals surface area (Å²) in [4.78, 5) is 0. The average Bonchev–Trinajstić information content (AvgIpc) is 2.35. The van der Waals surface area contributed by atoms with Gasteiger partial charge in [-0.05, 0) is 0 Å². The molecule has 0 unspecified atom stereocenters. The Bertz CT molecular complexity index is 109. The summed E-state index contributed by atoms with van der Waals surface area (Å²) in [5.74, 6) is 0. The Kier molecular flexibility index (Phi) is 17.0. The van der Waals surface area contributed by atoms with E-state index in [2.05, 4.69) is 13.8 Å². The Labute approximate surface area is 116 Å². The first-order chi connectivity index (χ1) is 8.41. The van der Waals surface area contributed by atoms with Gasteiger partial charge in [0.2, 0.25) is 0 Å². The normalized spacial score (nSPS) is 10.9. The van der Waals surface area contributed by atoms with Gasteiger partial charge < -0.3 is 0 Å². The van der Waals surface area contributed by atoms with Crippen molar-refractivity contribution in [1.82, 2.24) is 0 Å². The van der Waals surface area contributed by atoms with Gasteiger partial charge in [-0.3, -0.25) is 0 Å². The van der Waals surface area contributed by atoms with Crippen LogP contribution in [0, 0.1) is 0 Å². The van der Waals surface area contributed by atoms with Gasteiger partial charge in [-0.1, -0.05) is 0 Å². The van der Waals surface area contributed by atoms with E-state index in [1.165, 1.54) is 77.0 Å². The zero-order chi connectivity index (χ0) is 12.6. The SMILES string of the molecule is CCCCCCCC[Se]CCCCCCCC.